The molecule has 0 unspecified atom stereocenters. The highest BCUT2D eigenvalue weighted by atomic mass is 32.1. The molecule has 76 valence electrons. The molecule has 3 heteroatoms. The van der Waals surface area contributed by atoms with Crippen molar-refractivity contribution in [3.8, 4) is 0 Å². The van der Waals surface area contributed by atoms with E-state index in [1.54, 1.807) is 11.3 Å². The van der Waals surface area contributed by atoms with E-state index in [9.17, 15) is 0 Å². The second-order valence-corrected chi connectivity index (χ2v) is 5.05. The molecule has 3 rings (SSSR count). The number of thiazole rings is 1. The first-order valence-corrected chi connectivity index (χ1v) is 5.93. The Bertz CT molecular complexity index is 486. The molecule has 0 amide bonds. The molecule has 0 atom stereocenters. The molecule has 1 aromatic heterocycles. The van der Waals surface area contributed by atoms with Gasteiger partial charge >= 0.3 is 0 Å². The average Bonchev–Trinajstić information content (AvgIpc) is 2.57. The third-order valence-corrected chi connectivity index (χ3v) is 3.67. The van der Waals surface area contributed by atoms with Crippen LogP contribution in [0.25, 0.3) is 16.3 Å². The standard InChI is InChI=1S/C12H12N2S/c13-9-5-8(6-9)7-12-14-10-3-1-2-4-11(10)15-12/h1-4,7,9H,5-6,13H2. The maximum Gasteiger partial charge on any atom is 0.117 e. The summed E-state index contributed by atoms with van der Waals surface area (Å²) in [6.07, 6.45) is 4.26. The average molecular weight is 216 g/mol. The van der Waals surface area contributed by atoms with Gasteiger partial charge in [0.1, 0.15) is 5.01 Å². The third kappa shape index (κ3) is 1.68. The first kappa shape index (κ1) is 9.07. The fraction of sp³-hybridized carbons (Fsp3) is 0.250. The molecule has 0 saturated heterocycles. The van der Waals surface area contributed by atoms with Gasteiger partial charge in [-0.2, -0.15) is 0 Å². The predicted octanol–water partition coefficient (Wildman–Crippen LogP) is 2.80. The Morgan fingerprint density at radius 2 is 2.13 bits per heavy atom. The molecule has 1 heterocycles. The van der Waals surface area contributed by atoms with Gasteiger partial charge in [0.2, 0.25) is 0 Å². The van der Waals surface area contributed by atoms with Crippen molar-refractivity contribution in [1.29, 1.82) is 0 Å². The van der Waals surface area contributed by atoms with Gasteiger partial charge in [0, 0.05) is 6.04 Å². The van der Waals surface area contributed by atoms with Crippen LogP contribution in [0, 0.1) is 0 Å². The molecule has 0 bridgehead atoms. The minimum atomic E-state index is 0.380. The van der Waals surface area contributed by atoms with E-state index in [1.165, 1.54) is 10.3 Å². The normalized spacial score (nSPS) is 20.3. The van der Waals surface area contributed by atoms with Gasteiger partial charge in [-0.05, 0) is 31.1 Å². The maximum absolute atomic E-state index is 5.74. The van der Waals surface area contributed by atoms with Gasteiger partial charge in [-0.25, -0.2) is 4.98 Å². The SMILES string of the molecule is NC1CC(=Cc2nc3ccccc3s2)C1. The van der Waals surface area contributed by atoms with Gasteiger partial charge in [-0.1, -0.05) is 17.7 Å². The fourth-order valence-electron chi connectivity index (χ4n) is 1.86. The molecule has 2 nitrogen and oxygen atoms in total. The lowest BCUT2D eigenvalue weighted by molar-refractivity contribution is 0.547. The zero-order valence-electron chi connectivity index (χ0n) is 8.31. The minimum absolute atomic E-state index is 0.380. The molecule has 1 aliphatic rings. The van der Waals surface area contributed by atoms with Crippen LogP contribution in [0.1, 0.15) is 17.8 Å². The van der Waals surface area contributed by atoms with Crippen LogP contribution in [-0.4, -0.2) is 11.0 Å². The molecular formula is C12H12N2S. The molecule has 0 spiro atoms. The Morgan fingerprint density at radius 3 is 2.87 bits per heavy atom. The van der Waals surface area contributed by atoms with E-state index in [1.807, 2.05) is 6.07 Å². The van der Waals surface area contributed by atoms with Crippen LogP contribution < -0.4 is 5.73 Å². The van der Waals surface area contributed by atoms with Crippen LogP contribution >= 0.6 is 11.3 Å². The van der Waals surface area contributed by atoms with Gasteiger partial charge < -0.3 is 5.73 Å². The molecule has 2 N–H and O–H groups in total. The quantitative estimate of drug-likeness (QED) is 0.796. The predicted molar refractivity (Wildman–Crippen MR) is 64.8 cm³/mol. The highest BCUT2D eigenvalue weighted by molar-refractivity contribution is 7.19. The number of nitrogens with two attached hydrogens (primary N) is 1. The maximum atomic E-state index is 5.74. The van der Waals surface area contributed by atoms with Crippen molar-refractivity contribution in [2.75, 3.05) is 0 Å². The Labute approximate surface area is 92.4 Å². The van der Waals surface area contributed by atoms with E-state index in [0.717, 1.165) is 23.4 Å². The number of nitrogens with zero attached hydrogens (tertiary/aromatic N) is 1. The van der Waals surface area contributed by atoms with Crippen molar-refractivity contribution in [3.63, 3.8) is 0 Å². The van der Waals surface area contributed by atoms with Gasteiger partial charge in [0.05, 0.1) is 10.2 Å². The Hall–Kier alpha value is -1.19. The van der Waals surface area contributed by atoms with Crippen molar-refractivity contribution < 1.29 is 0 Å². The Morgan fingerprint density at radius 1 is 1.33 bits per heavy atom. The highest BCUT2D eigenvalue weighted by Gasteiger charge is 2.18. The number of hydrogen-bond donors (Lipinski definition) is 1. The molecular weight excluding hydrogens is 204 g/mol. The van der Waals surface area contributed by atoms with Gasteiger partial charge in [-0.3, -0.25) is 0 Å². The van der Waals surface area contributed by atoms with Crippen molar-refractivity contribution >= 4 is 27.6 Å². The summed E-state index contributed by atoms with van der Waals surface area (Å²) in [7, 11) is 0. The fourth-order valence-corrected chi connectivity index (χ4v) is 2.82. The summed E-state index contributed by atoms with van der Waals surface area (Å²) < 4.78 is 1.26. The summed E-state index contributed by atoms with van der Waals surface area (Å²) in [5.41, 5.74) is 8.27. The largest absolute Gasteiger partial charge is 0.327 e. The van der Waals surface area contributed by atoms with E-state index in [2.05, 4.69) is 29.3 Å². The number of aromatic nitrogens is 1. The van der Waals surface area contributed by atoms with E-state index < -0.39 is 0 Å². The molecule has 2 aromatic rings. The van der Waals surface area contributed by atoms with E-state index in [0.29, 0.717) is 6.04 Å². The number of benzene rings is 1. The van der Waals surface area contributed by atoms with Gasteiger partial charge in [0.15, 0.2) is 0 Å². The molecule has 1 fully saturated rings. The second-order valence-electron chi connectivity index (χ2n) is 3.99. The summed E-state index contributed by atoms with van der Waals surface area (Å²) >= 11 is 1.75. The van der Waals surface area contributed by atoms with Crippen molar-refractivity contribution in [2.24, 2.45) is 5.73 Å². The van der Waals surface area contributed by atoms with Crippen LogP contribution in [-0.2, 0) is 0 Å². The Balaban J connectivity index is 1.95. The van der Waals surface area contributed by atoms with Crippen molar-refractivity contribution in [2.45, 2.75) is 18.9 Å². The topological polar surface area (TPSA) is 38.9 Å². The van der Waals surface area contributed by atoms with E-state index in [-0.39, 0.29) is 0 Å². The summed E-state index contributed by atoms with van der Waals surface area (Å²) in [4.78, 5) is 4.56. The van der Waals surface area contributed by atoms with Crippen LogP contribution in [0.2, 0.25) is 0 Å². The van der Waals surface area contributed by atoms with Crippen LogP contribution in [0.5, 0.6) is 0 Å². The van der Waals surface area contributed by atoms with E-state index >= 15 is 0 Å². The van der Waals surface area contributed by atoms with Crippen molar-refractivity contribution in [1.82, 2.24) is 4.98 Å². The first-order chi connectivity index (χ1) is 7.31. The number of para-hydroxylation sites is 1. The number of rotatable bonds is 1. The van der Waals surface area contributed by atoms with Crippen LogP contribution in [0.4, 0.5) is 0 Å². The molecule has 15 heavy (non-hydrogen) atoms. The summed E-state index contributed by atoms with van der Waals surface area (Å²) in [5, 5.41) is 1.11. The lowest BCUT2D eigenvalue weighted by Crippen LogP contribution is -2.29. The lowest BCUT2D eigenvalue weighted by atomic mass is 9.87. The van der Waals surface area contributed by atoms with E-state index in [4.69, 9.17) is 5.73 Å². The molecule has 1 aliphatic carbocycles. The van der Waals surface area contributed by atoms with Crippen LogP contribution in [0.15, 0.2) is 29.8 Å². The molecule has 1 aromatic carbocycles. The second kappa shape index (κ2) is 3.43. The molecule has 0 aliphatic heterocycles. The summed E-state index contributed by atoms with van der Waals surface area (Å²) in [6, 6.07) is 8.63. The summed E-state index contributed by atoms with van der Waals surface area (Å²) in [5.74, 6) is 0. The Kier molecular flexibility index (Phi) is 2.08. The monoisotopic (exact) mass is 216 g/mol. The molecule has 0 radical (unpaired) electrons. The third-order valence-electron chi connectivity index (χ3n) is 2.69. The van der Waals surface area contributed by atoms with Crippen molar-refractivity contribution in [3.05, 3.63) is 34.8 Å². The smallest absolute Gasteiger partial charge is 0.117 e. The first-order valence-electron chi connectivity index (χ1n) is 5.12. The molecule has 1 saturated carbocycles. The summed E-state index contributed by atoms with van der Waals surface area (Å²) in [6.45, 7) is 0. The van der Waals surface area contributed by atoms with Gasteiger partial charge in [-0.15, -0.1) is 11.3 Å². The zero-order chi connectivity index (χ0) is 10.3. The highest BCUT2D eigenvalue weighted by Crippen LogP contribution is 2.29. The number of hydrogen-bond acceptors (Lipinski definition) is 3. The number of fused-ring (bicyclic) bond motifs is 1. The lowest BCUT2D eigenvalue weighted by Gasteiger charge is -2.24. The zero-order valence-corrected chi connectivity index (χ0v) is 9.13. The van der Waals surface area contributed by atoms with Crippen LogP contribution in [0.3, 0.4) is 0 Å². The van der Waals surface area contributed by atoms with Gasteiger partial charge in [0.25, 0.3) is 0 Å². The minimum Gasteiger partial charge on any atom is -0.327 e.